The van der Waals surface area contributed by atoms with Crippen LogP contribution in [0.1, 0.15) is 88.0 Å². The Kier molecular flexibility index (Phi) is 6.83. The molecule has 8 heteroatoms. The van der Waals surface area contributed by atoms with Gasteiger partial charge in [-0.2, -0.15) is 0 Å². The number of carbonyl (C=O) groups excluding carboxylic acids is 3. The quantitative estimate of drug-likeness (QED) is 0.257. The topological polar surface area (TPSA) is 97.4 Å². The van der Waals surface area contributed by atoms with Gasteiger partial charge < -0.3 is 23.7 Å². The van der Waals surface area contributed by atoms with Gasteiger partial charge in [-0.3, -0.25) is 4.79 Å². The molecule has 0 aromatic carbocycles. The Labute approximate surface area is 215 Å². The summed E-state index contributed by atoms with van der Waals surface area (Å²) in [5.41, 5.74) is -1.89. The van der Waals surface area contributed by atoms with Gasteiger partial charge in [0.15, 0.2) is 0 Å². The van der Waals surface area contributed by atoms with Crippen LogP contribution >= 0.6 is 0 Å². The lowest BCUT2D eigenvalue weighted by atomic mass is 9.68. The maximum Gasteiger partial charge on any atom is 0.509 e. The fraction of sp³-hybridized carbons (Fsp3) is 0.893. The van der Waals surface area contributed by atoms with Crippen LogP contribution in [0.15, 0.2) is 0 Å². The van der Waals surface area contributed by atoms with Crippen LogP contribution in [0.25, 0.3) is 0 Å². The molecule has 4 aliphatic carbocycles. The van der Waals surface area contributed by atoms with Crippen molar-refractivity contribution < 1.29 is 38.1 Å². The number of hydrogen-bond acceptors (Lipinski definition) is 8. The van der Waals surface area contributed by atoms with E-state index >= 15 is 0 Å². The zero-order valence-electron chi connectivity index (χ0n) is 23.3. The molecule has 4 aliphatic rings. The number of esters is 1. The molecule has 0 N–H and O–H groups in total. The molecule has 204 valence electrons. The first-order chi connectivity index (χ1) is 16.5. The third-order valence-corrected chi connectivity index (χ3v) is 8.71. The van der Waals surface area contributed by atoms with Crippen molar-refractivity contribution in [2.45, 2.75) is 118 Å². The van der Waals surface area contributed by atoms with Crippen LogP contribution in [0.4, 0.5) is 9.59 Å². The lowest BCUT2D eigenvalue weighted by Gasteiger charge is -2.44. The molecular weight excluding hydrogens is 464 g/mol. The van der Waals surface area contributed by atoms with Gasteiger partial charge >= 0.3 is 18.3 Å². The second-order valence-corrected chi connectivity index (χ2v) is 13.9. The number of hydrogen-bond donors (Lipinski definition) is 0. The van der Waals surface area contributed by atoms with Crippen molar-refractivity contribution in [2.24, 2.45) is 40.9 Å². The predicted molar refractivity (Wildman–Crippen MR) is 131 cm³/mol. The minimum absolute atomic E-state index is 0.0237. The first-order valence-electron chi connectivity index (χ1n) is 13.5. The van der Waals surface area contributed by atoms with Gasteiger partial charge in [-0.1, -0.05) is 6.92 Å². The highest BCUT2D eigenvalue weighted by atomic mass is 16.8. The molecule has 4 saturated carbocycles. The first-order valence-corrected chi connectivity index (χ1v) is 13.5. The molecule has 4 rings (SSSR count). The van der Waals surface area contributed by atoms with Gasteiger partial charge in [0.2, 0.25) is 0 Å². The summed E-state index contributed by atoms with van der Waals surface area (Å²) in [6.45, 7) is 16.6. The van der Waals surface area contributed by atoms with E-state index in [-0.39, 0.29) is 35.7 Å². The fourth-order valence-corrected chi connectivity index (χ4v) is 7.11. The monoisotopic (exact) mass is 508 g/mol. The highest BCUT2D eigenvalue weighted by Crippen LogP contribution is 2.68. The number of fused-ring (bicyclic) bond motifs is 9. The van der Waals surface area contributed by atoms with E-state index in [1.54, 1.807) is 41.5 Å². The van der Waals surface area contributed by atoms with Crippen molar-refractivity contribution in [1.29, 1.82) is 0 Å². The van der Waals surface area contributed by atoms with Crippen molar-refractivity contribution in [3.05, 3.63) is 0 Å². The highest BCUT2D eigenvalue weighted by molar-refractivity contribution is 5.76. The summed E-state index contributed by atoms with van der Waals surface area (Å²) >= 11 is 0. The minimum atomic E-state index is -0.759. The van der Waals surface area contributed by atoms with Crippen LogP contribution in [0.3, 0.4) is 0 Å². The zero-order chi connectivity index (χ0) is 26.8. The molecule has 4 fully saturated rings. The van der Waals surface area contributed by atoms with Gasteiger partial charge in [-0.05, 0) is 105 Å². The number of carbonyl (C=O) groups is 3. The van der Waals surface area contributed by atoms with Gasteiger partial charge in [0, 0.05) is 11.8 Å². The van der Waals surface area contributed by atoms with E-state index < -0.39 is 41.1 Å². The fourth-order valence-electron chi connectivity index (χ4n) is 7.11. The summed E-state index contributed by atoms with van der Waals surface area (Å²) in [4.78, 5) is 38.1. The minimum Gasteiger partial charge on any atom is -0.462 e. The second kappa shape index (κ2) is 9.09. The Bertz CT molecular complexity index is 881. The molecule has 9 unspecified atom stereocenters. The molecular formula is C28H44O8. The molecule has 4 bridgehead atoms. The van der Waals surface area contributed by atoms with Crippen LogP contribution in [-0.2, 0) is 28.5 Å². The van der Waals surface area contributed by atoms with E-state index in [4.69, 9.17) is 23.7 Å². The van der Waals surface area contributed by atoms with Crippen LogP contribution in [0.2, 0.25) is 0 Å². The molecule has 0 aliphatic heterocycles. The second-order valence-electron chi connectivity index (χ2n) is 13.9. The SMILES string of the molecule is CCC(C)(C)C(=O)OC1CC2CC1C1C3CC(C(OC(=O)OC(C)(C)C)C3OC(=O)OC(C)(C)C)C21. The van der Waals surface area contributed by atoms with E-state index in [2.05, 4.69) is 0 Å². The average Bonchev–Trinajstić information content (AvgIpc) is 3.44. The summed E-state index contributed by atoms with van der Waals surface area (Å²) in [5, 5.41) is 0. The smallest absolute Gasteiger partial charge is 0.462 e. The Morgan fingerprint density at radius 2 is 1.17 bits per heavy atom. The van der Waals surface area contributed by atoms with Crippen molar-refractivity contribution in [3.8, 4) is 0 Å². The van der Waals surface area contributed by atoms with Gasteiger partial charge in [0.1, 0.15) is 29.5 Å². The molecule has 0 saturated heterocycles. The van der Waals surface area contributed by atoms with Gasteiger partial charge in [0.25, 0.3) is 0 Å². The maximum atomic E-state index is 12.8. The normalized spacial score (nSPS) is 36.9. The van der Waals surface area contributed by atoms with Crippen LogP contribution < -0.4 is 0 Å². The molecule has 0 radical (unpaired) electrons. The van der Waals surface area contributed by atoms with E-state index in [1.807, 2.05) is 20.8 Å². The summed E-state index contributed by atoms with van der Waals surface area (Å²) in [7, 11) is 0. The molecule has 8 nitrogen and oxygen atoms in total. The Hall–Kier alpha value is -1.99. The number of ether oxygens (including phenoxy) is 5. The first kappa shape index (κ1) is 27.1. The highest BCUT2D eigenvalue weighted by Gasteiger charge is 2.70. The van der Waals surface area contributed by atoms with Gasteiger partial charge in [0.05, 0.1) is 5.41 Å². The van der Waals surface area contributed by atoms with Crippen LogP contribution in [-0.4, -0.2) is 47.8 Å². The summed E-state index contributed by atoms with van der Waals surface area (Å²) < 4.78 is 28.7. The maximum absolute atomic E-state index is 12.8. The van der Waals surface area contributed by atoms with E-state index in [1.165, 1.54) is 0 Å². The van der Waals surface area contributed by atoms with Crippen LogP contribution in [0.5, 0.6) is 0 Å². The molecule has 0 spiro atoms. The third-order valence-electron chi connectivity index (χ3n) is 8.71. The van der Waals surface area contributed by atoms with Gasteiger partial charge in [-0.15, -0.1) is 0 Å². The molecule has 0 amide bonds. The molecule has 0 aromatic heterocycles. The third kappa shape index (κ3) is 5.19. The summed E-state index contributed by atoms with van der Waals surface area (Å²) in [5.74, 6) is 1.23. The Balaban J connectivity index is 1.53. The standard InChI is InChI=1S/C28H44O8/c1-10-28(8,9)23(29)32-18-12-14-11-15(18)20-17-13-16(19(14)20)21(33-24(30)35-26(2,3)4)22(17)34-25(31)36-27(5,6)7/h14-22H,10-13H2,1-9H3. The predicted octanol–water partition coefficient (Wildman–Crippen LogP) is 5.90. The van der Waals surface area contributed by atoms with Crippen molar-refractivity contribution >= 4 is 18.3 Å². The van der Waals surface area contributed by atoms with E-state index in [0.29, 0.717) is 11.8 Å². The Morgan fingerprint density at radius 1 is 0.667 bits per heavy atom. The molecule has 0 heterocycles. The lowest BCUT2D eigenvalue weighted by Crippen LogP contribution is -2.51. The van der Waals surface area contributed by atoms with Crippen LogP contribution in [0, 0.1) is 40.9 Å². The molecule has 9 atom stereocenters. The average molecular weight is 509 g/mol. The molecule has 0 aromatic rings. The Morgan fingerprint density at radius 3 is 1.64 bits per heavy atom. The van der Waals surface area contributed by atoms with E-state index in [9.17, 15) is 14.4 Å². The largest absolute Gasteiger partial charge is 0.509 e. The van der Waals surface area contributed by atoms with E-state index in [0.717, 1.165) is 25.7 Å². The van der Waals surface area contributed by atoms with Crippen molar-refractivity contribution in [2.75, 3.05) is 0 Å². The summed E-state index contributed by atoms with van der Waals surface area (Å²) in [6, 6.07) is 0. The van der Waals surface area contributed by atoms with Crippen molar-refractivity contribution in [3.63, 3.8) is 0 Å². The number of rotatable bonds is 5. The zero-order valence-corrected chi connectivity index (χ0v) is 23.3. The lowest BCUT2D eigenvalue weighted by molar-refractivity contribution is -0.168. The summed E-state index contributed by atoms with van der Waals surface area (Å²) in [6.07, 6.45) is 0.572. The molecule has 36 heavy (non-hydrogen) atoms. The van der Waals surface area contributed by atoms with Crippen molar-refractivity contribution in [1.82, 2.24) is 0 Å². The van der Waals surface area contributed by atoms with Gasteiger partial charge in [-0.25, -0.2) is 9.59 Å².